The Bertz CT molecular complexity index is 813. The number of nitrogens with one attached hydrogen (secondary N) is 1. The van der Waals surface area contributed by atoms with Crippen LogP contribution in [0.15, 0.2) is 52.3 Å². The first-order valence-corrected chi connectivity index (χ1v) is 9.02. The van der Waals surface area contributed by atoms with Crippen LogP contribution in [0.1, 0.15) is 0 Å². The minimum atomic E-state index is -3.97. The zero-order valence-electron chi connectivity index (χ0n) is 12.8. The van der Waals surface area contributed by atoms with Gasteiger partial charge in [0.25, 0.3) is 15.8 Å². The molecule has 0 saturated carbocycles. The highest BCUT2D eigenvalue weighted by Crippen LogP contribution is 2.34. The molecule has 0 spiro atoms. The van der Waals surface area contributed by atoms with Crippen molar-refractivity contribution < 1.29 is 26.7 Å². The third-order valence-corrected chi connectivity index (χ3v) is 5.16. The molecule has 0 aliphatic heterocycles. The summed E-state index contributed by atoms with van der Waals surface area (Å²) >= 11 is 0.270. The van der Waals surface area contributed by atoms with Crippen LogP contribution in [-0.2, 0) is 10.0 Å². The van der Waals surface area contributed by atoms with E-state index < -0.39 is 15.8 Å². The molecule has 0 aromatic heterocycles. The Morgan fingerprint density at radius 2 is 1.71 bits per heavy atom. The summed E-state index contributed by atoms with van der Waals surface area (Å²) in [5.41, 5.74) is 0.0811. The van der Waals surface area contributed by atoms with E-state index in [2.05, 4.69) is 4.72 Å². The van der Waals surface area contributed by atoms with Gasteiger partial charge < -0.3 is 9.47 Å². The average molecular weight is 375 g/mol. The van der Waals surface area contributed by atoms with Crippen molar-refractivity contribution in [1.82, 2.24) is 0 Å². The summed E-state index contributed by atoms with van der Waals surface area (Å²) in [6, 6.07) is 10.0. The number of halogens is 2. The largest absolute Gasteiger partial charge is 0.493 e. The van der Waals surface area contributed by atoms with Crippen molar-refractivity contribution in [3.05, 3.63) is 42.5 Å². The van der Waals surface area contributed by atoms with Crippen molar-refractivity contribution in [2.75, 3.05) is 18.9 Å². The van der Waals surface area contributed by atoms with Crippen molar-refractivity contribution in [2.45, 2.75) is 15.5 Å². The number of hydrogen-bond acceptors (Lipinski definition) is 5. The average Bonchev–Trinajstić information content (AvgIpc) is 2.55. The van der Waals surface area contributed by atoms with Gasteiger partial charge in [-0.1, -0.05) is 23.9 Å². The predicted octanol–water partition coefficient (Wildman–Crippen LogP) is 3.82. The predicted molar refractivity (Wildman–Crippen MR) is 88.7 cm³/mol. The smallest absolute Gasteiger partial charge is 0.288 e. The summed E-state index contributed by atoms with van der Waals surface area (Å²) in [5.74, 6) is -2.03. The first kappa shape index (κ1) is 18.3. The van der Waals surface area contributed by atoms with Crippen LogP contribution in [-0.4, -0.2) is 28.4 Å². The first-order valence-electron chi connectivity index (χ1n) is 6.66. The lowest BCUT2D eigenvalue weighted by Gasteiger charge is -2.13. The maximum absolute atomic E-state index is 12.6. The van der Waals surface area contributed by atoms with E-state index in [1.54, 1.807) is 12.1 Å². The van der Waals surface area contributed by atoms with Gasteiger partial charge in [-0.05, 0) is 24.3 Å². The van der Waals surface area contributed by atoms with Gasteiger partial charge in [-0.2, -0.15) is 8.78 Å². The van der Waals surface area contributed by atoms with E-state index in [4.69, 9.17) is 9.47 Å². The molecular weight excluding hydrogens is 360 g/mol. The van der Waals surface area contributed by atoms with Crippen LogP contribution in [0.5, 0.6) is 11.5 Å². The Morgan fingerprint density at radius 3 is 2.33 bits per heavy atom. The Morgan fingerprint density at radius 1 is 1.04 bits per heavy atom. The zero-order valence-corrected chi connectivity index (χ0v) is 14.5. The van der Waals surface area contributed by atoms with E-state index in [9.17, 15) is 17.2 Å². The molecule has 2 rings (SSSR count). The lowest BCUT2D eigenvalue weighted by atomic mass is 10.3. The molecule has 2 aromatic rings. The van der Waals surface area contributed by atoms with Gasteiger partial charge in [-0.25, -0.2) is 8.42 Å². The number of para-hydroxylation sites is 1. The Kier molecular flexibility index (Phi) is 5.89. The van der Waals surface area contributed by atoms with Crippen LogP contribution >= 0.6 is 11.8 Å². The van der Waals surface area contributed by atoms with Gasteiger partial charge in [-0.3, -0.25) is 4.72 Å². The van der Waals surface area contributed by atoms with Crippen LogP contribution in [0.3, 0.4) is 0 Å². The Labute approximate surface area is 143 Å². The van der Waals surface area contributed by atoms with Crippen LogP contribution in [0, 0.1) is 0 Å². The van der Waals surface area contributed by atoms with E-state index in [1.807, 2.05) is 0 Å². The molecule has 1 N–H and O–H groups in total. The highest BCUT2D eigenvalue weighted by atomic mass is 32.2. The van der Waals surface area contributed by atoms with Crippen LogP contribution in [0.25, 0.3) is 0 Å². The van der Waals surface area contributed by atoms with Crippen LogP contribution in [0.4, 0.5) is 14.5 Å². The second-order valence-electron chi connectivity index (χ2n) is 4.50. The molecule has 130 valence electrons. The molecule has 0 radical (unpaired) electrons. The number of anilines is 1. The zero-order chi connectivity index (χ0) is 17.7. The van der Waals surface area contributed by atoms with Gasteiger partial charge in [-0.15, -0.1) is 0 Å². The van der Waals surface area contributed by atoms with Crippen molar-refractivity contribution in [2.24, 2.45) is 0 Å². The molecule has 0 heterocycles. The van der Waals surface area contributed by atoms with Gasteiger partial charge in [0.05, 0.1) is 24.8 Å². The lowest BCUT2D eigenvalue weighted by Crippen LogP contribution is -2.14. The fourth-order valence-electron chi connectivity index (χ4n) is 1.94. The fraction of sp³-hybridized carbons (Fsp3) is 0.200. The highest BCUT2D eigenvalue weighted by Gasteiger charge is 2.19. The van der Waals surface area contributed by atoms with Crippen molar-refractivity contribution >= 4 is 27.5 Å². The summed E-state index contributed by atoms with van der Waals surface area (Å²) in [6.45, 7) is 0. The Balaban J connectivity index is 2.36. The second kappa shape index (κ2) is 7.71. The topological polar surface area (TPSA) is 64.6 Å². The van der Waals surface area contributed by atoms with Crippen molar-refractivity contribution in [3.8, 4) is 11.5 Å². The van der Waals surface area contributed by atoms with Gasteiger partial charge in [0.15, 0.2) is 11.5 Å². The van der Waals surface area contributed by atoms with Crippen molar-refractivity contribution in [3.63, 3.8) is 0 Å². The maximum Gasteiger partial charge on any atom is 0.288 e. The number of rotatable bonds is 7. The summed E-state index contributed by atoms with van der Waals surface area (Å²) in [4.78, 5) is 0.0635. The highest BCUT2D eigenvalue weighted by molar-refractivity contribution is 7.99. The monoisotopic (exact) mass is 375 g/mol. The van der Waals surface area contributed by atoms with Gasteiger partial charge in [0.2, 0.25) is 0 Å². The molecule has 2 aromatic carbocycles. The maximum atomic E-state index is 12.6. The van der Waals surface area contributed by atoms with Gasteiger partial charge in [0.1, 0.15) is 0 Å². The lowest BCUT2D eigenvalue weighted by molar-refractivity contribution is 0.252. The molecule has 24 heavy (non-hydrogen) atoms. The molecule has 0 aliphatic carbocycles. The molecule has 0 fully saturated rings. The summed E-state index contributed by atoms with van der Waals surface area (Å²) in [6.07, 6.45) is 0. The normalized spacial score (nSPS) is 11.4. The van der Waals surface area contributed by atoms with Gasteiger partial charge in [0, 0.05) is 11.0 Å². The third-order valence-electron chi connectivity index (χ3n) is 3.01. The molecule has 0 unspecified atom stereocenters. The Hall–Kier alpha value is -2.00. The second-order valence-corrected chi connectivity index (χ2v) is 7.21. The van der Waals surface area contributed by atoms with E-state index in [-0.39, 0.29) is 33.0 Å². The fourth-order valence-corrected chi connectivity index (χ4v) is 3.69. The summed E-state index contributed by atoms with van der Waals surface area (Å²) < 4.78 is 62.6. The van der Waals surface area contributed by atoms with Crippen LogP contribution in [0.2, 0.25) is 0 Å². The molecule has 5 nitrogen and oxygen atoms in total. The SMILES string of the molecule is COc1ccc(S(=O)(=O)Nc2ccccc2SC(F)F)cc1OC. The molecule has 0 aliphatic rings. The number of ether oxygens (including phenoxy) is 2. The standard InChI is InChI=1S/C15H15F2NO4S2/c1-21-12-8-7-10(9-13(12)22-2)24(19,20)18-11-5-3-4-6-14(11)23-15(16)17/h3-9,15,18H,1-2H3. The molecule has 0 saturated heterocycles. The quantitative estimate of drug-likeness (QED) is 0.746. The number of alkyl halides is 2. The molecule has 9 heteroatoms. The minimum absolute atomic E-state index is 0.0722. The minimum Gasteiger partial charge on any atom is -0.493 e. The molecule has 0 bridgehead atoms. The number of benzene rings is 2. The molecule has 0 amide bonds. The van der Waals surface area contributed by atoms with Crippen molar-refractivity contribution in [1.29, 1.82) is 0 Å². The molecular formula is C15H15F2NO4S2. The van der Waals surface area contributed by atoms with E-state index in [0.29, 0.717) is 5.75 Å². The first-order chi connectivity index (χ1) is 11.4. The molecule has 0 atom stereocenters. The van der Waals surface area contributed by atoms with E-state index in [1.165, 1.54) is 44.6 Å². The number of methoxy groups -OCH3 is 2. The summed E-state index contributed by atoms with van der Waals surface area (Å²) in [5, 5.41) is 0. The summed E-state index contributed by atoms with van der Waals surface area (Å²) in [7, 11) is -1.16. The van der Waals surface area contributed by atoms with E-state index in [0.717, 1.165) is 0 Å². The van der Waals surface area contributed by atoms with Crippen LogP contribution < -0.4 is 14.2 Å². The van der Waals surface area contributed by atoms with E-state index >= 15 is 0 Å². The number of sulfonamides is 1. The van der Waals surface area contributed by atoms with Gasteiger partial charge >= 0.3 is 0 Å². The number of hydrogen-bond donors (Lipinski definition) is 1. The number of thioether (sulfide) groups is 1. The third kappa shape index (κ3) is 4.30.